The molecule has 0 unspecified atom stereocenters. The normalized spacial score (nSPS) is 8.83. The Morgan fingerprint density at radius 2 is 1.33 bits per heavy atom. The van der Waals surface area contributed by atoms with Crippen molar-refractivity contribution in [2.75, 3.05) is 0 Å². The Kier molecular flexibility index (Phi) is 11.9. The van der Waals surface area contributed by atoms with Crippen molar-refractivity contribution in [3.05, 3.63) is 84.9 Å². The number of rotatable bonds is 0. The minimum absolute atomic E-state index is 0. The standard InChI is InChI=1S/C13H9.C5H5.C3H6.2ClH.Zr/c1-2-6-12-10(4-1)8-9-11-5-3-7-13(11)12;1-2-4-5-3-1;1-3-2;;;/h1-9H;1-5H;1-2H3;2*1H;/q2*-1;;;;+2/p-2. The van der Waals surface area contributed by atoms with Crippen LogP contribution in [0, 0.1) is 0 Å². The van der Waals surface area contributed by atoms with Gasteiger partial charge >= 0.3 is 41.3 Å². The van der Waals surface area contributed by atoms with E-state index in [2.05, 4.69) is 68.4 Å². The zero-order valence-corrected chi connectivity index (χ0v) is 17.8. The number of halogens is 2. The van der Waals surface area contributed by atoms with E-state index in [9.17, 15) is 0 Å². The SMILES string of the molecule is C[C](C)=[Zr+2].[Cl-].[Cl-].c1cc[cH-]c1.c1ccc2c(c1)ccc1cc[cH-]c12. The van der Waals surface area contributed by atoms with Crippen molar-refractivity contribution < 1.29 is 49.0 Å². The Balaban J connectivity index is 0.000000409. The molecule has 0 saturated carbocycles. The van der Waals surface area contributed by atoms with Gasteiger partial charge in [0.15, 0.2) is 0 Å². The van der Waals surface area contributed by atoms with Crippen LogP contribution in [0.15, 0.2) is 84.9 Å². The molecule has 24 heavy (non-hydrogen) atoms. The molecule has 3 heteroatoms. The minimum atomic E-state index is 0. The summed E-state index contributed by atoms with van der Waals surface area (Å²) in [5.41, 5.74) is 0. The van der Waals surface area contributed by atoms with Crippen molar-refractivity contribution in [2.24, 2.45) is 0 Å². The van der Waals surface area contributed by atoms with E-state index in [-0.39, 0.29) is 24.8 Å². The maximum Gasteiger partial charge on any atom is -0.0606 e. The Hall–Kier alpha value is -1.01. The Labute approximate surface area is 171 Å². The molecule has 0 aromatic heterocycles. The van der Waals surface area contributed by atoms with E-state index in [1.54, 1.807) is 24.2 Å². The van der Waals surface area contributed by atoms with Crippen LogP contribution in [0.25, 0.3) is 21.5 Å². The van der Waals surface area contributed by atoms with Crippen LogP contribution in [-0.4, -0.2) is 3.21 Å². The van der Waals surface area contributed by atoms with Gasteiger partial charge in [-0.1, -0.05) is 41.1 Å². The first kappa shape index (κ1) is 23.0. The molecule has 4 rings (SSSR count). The van der Waals surface area contributed by atoms with Gasteiger partial charge in [0, 0.05) is 0 Å². The topological polar surface area (TPSA) is 0 Å². The first-order valence-electron chi connectivity index (χ1n) is 7.40. The van der Waals surface area contributed by atoms with Gasteiger partial charge in [0.25, 0.3) is 0 Å². The van der Waals surface area contributed by atoms with Gasteiger partial charge in [0.1, 0.15) is 0 Å². The molecule has 0 spiro atoms. The molecule has 4 aromatic carbocycles. The molecule has 124 valence electrons. The molecule has 0 aliphatic heterocycles. The van der Waals surface area contributed by atoms with Gasteiger partial charge in [-0.2, -0.15) is 30.3 Å². The first-order valence-corrected chi connectivity index (χ1v) is 8.63. The molecule has 0 aliphatic rings. The van der Waals surface area contributed by atoms with Crippen LogP contribution in [0.1, 0.15) is 13.8 Å². The Morgan fingerprint density at radius 1 is 0.750 bits per heavy atom. The molecule has 0 fully saturated rings. The second kappa shape index (κ2) is 12.4. The van der Waals surface area contributed by atoms with Crippen molar-refractivity contribution in [3.8, 4) is 0 Å². The fourth-order valence-electron chi connectivity index (χ4n) is 2.21. The molecule has 0 bridgehead atoms. The maximum absolute atomic E-state index is 2.18. The third-order valence-electron chi connectivity index (χ3n) is 3.10. The Bertz CT molecular complexity index is 808. The molecular weight excluding hydrogens is 414 g/mol. The van der Waals surface area contributed by atoms with Crippen molar-refractivity contribution >= 4 is 24.8 Å². The third kappa shape index (κ3) is 7.26. The van der Waals surface area contributed by atoms with E-state index in [4.69, 9.17) is 0 Å². The summed E-state index contributed by atoms with van der Waals surface area (Å²) in [5.74, 6) is 0. The monoisotopic (exact) mass is 432 g/mol. The molecule has 0 saturated heterocycles. The van der Waals surface area contributed by atoms with Gasteiger partial charge in [0.05, 0.1) is 0 Å². The summed E-state index contributed by atoms with van der Waals surface area (Å²) >= 11 is 1.55. The van der Waals surface area contributed by atoms with Crippen molar-refractivity contribution in [3.63, 3.8) is 0 Å². The van der Waals surface area contributed by atoms with E-state index >= 15 is 0 Å². The molecule has 0 amide bonds. The van der Waals surface area contributed by atoms with E-state index < -0.39 is 0 Å². The molecule has 0 heterocycles. The predicted octanol–water partition coefficient (Wildman–Crippen LogP) is -0.129. The summed E-state index contributed by atoms with van der Waals surface area (Å²) in [7, 11) is 0. The summed E-state index contributed by atoms with van der Waals surface area (Å²) < 4.78 is 1.51. The van der Waals surface area contributed by atoms with E-state index in [1.807, 2.05) is 30.3 Å². The minimum Gasteiger partial charge on any atom is -1.00 e. The second-order valence-corrected chi connectivity index (χ2v) is 7.74. The molecule has 0 N–H and O–H groups in total. The zero-order chi connectivity index (χ0) is 15.8. The smallest absolute Gasteiger partial charge is 0.0606 e. The van der Waals surface area contributed by atoms with Crippen molar-refractivity contribution in [1.82, 2.24) is 0 Å². The number of hydrogen-bond acceptors (Lipinski definition) is 0. The van der Waals surface area contributed by atoms with Crippen LogP contribution in [0.3, 0.4) is 0 Å². The van der Waals surface area contributed by atoms with Crippen LogP contribution in [-0.2, 0) is 24.2 Å². The van der Waals surface area contributed by atoms with Gasteiger partial charge in [-0.3, -0.25) is 0 Å². The summed E-state index contributed by atoms with van der Waals surface area (Å²) in [6.45, 7) is 4.25. The first-order chi connectivity index (χ1) is 10.7. The summed E-state index contributed by atoms with van der Waals surface area (Å²) in [4.78, 5) is 0. The van der Waals surface area contributed by atoms with E-state index in [1.165, 1.54) is 24.8 Å². The fraction of sp³-hybridized carbons (Fsp3) is 0.0952. The third-order valence-corrected chi connectivity index (χ3v) is 3.10. The number of fused-ring (bicyclic) bond motifs is 3. The average molecular weight is 435 g/mol. The fourth-order valence-corrected chi connectivity index (χ4v) is 2.21. The molecule has 0 aliphatic carbocycles. The number of benzene rings is 2. The molecular formula is C21H20Cl2Zr-2. The molecule has 0 atom stereocenters. The van der Waals surface area contributed by atoms with Crippen molar-refractivity contribution in [2.45, 2.75) is 13.8 Å². The molecule has 4 aromatic rings. The Morgan fingerprint density at radius 3 is 1.92 bits per heavy atom. The van der Waals surface area contributed by atoms with Gasteiger partial charge < -0.3 is 24.8 Å². The van der Waals surface area contributed by atoms with E-state index in [0.717, 1.165) is 0 Å². The predicted molar refractivity (Wildman–Crippen MR) is 95.4 cm³/mol. The summed E-state index contributed by atoms with van der Waals surface area (Å²) in [6.07, 6.45) is 0. The van der Waals surface area contributed by atoms with Crippen LogP contribution in [0.5, 0.6) is 0 Å². The maximum atomic E-state index is 2.18. The number of hydrogen-bond donors (Lipinski definition) is 0. The second-order valence-electron chi connectivity index (χ2n) is 5.28. The molecule has 0 nitrogen and oxygen atoms in total. The van der Waals surface area contributed by atoms with Gasteiger partial charge in [0.2, 0.25) is 0 Å². The van der Waals surface area contributed by atoms with Gasteiger partial charge in [-0.15, -0.1) is 22.9 Å². The summed E-state index contributed by atoms with van der Waals surface area (Å²) in [6, 6.07) is 29.3. The van der Waals surface area contributed by atoms with Crippen LogP contribution < -0.4 is 24.8 Å². The summed E-state index contributed by atoms with van der Waals surface area (Å²) in [5, 5.41) is 5.36. The van der Waals surface area contributed by atoms with Crippen LogP contribution in [0.2, 0.25) is 0 Å². The van der Waals surface area contributed by atoms with Gasteiger partial charge in [-0.05, 0) is 0 Å². The van der Waals surface area contributed by atoms with Crippen LogP contribution in [0.4, 0.5) is 0 Å². The van der Waals surface area contributed by atoms with Crippen molar-refractivity contribution in [1.29, 1.82) is 0 Å². The van der Waals surface area contributed by atoms with Crippen LogP contribution >= 0.6 is 0 Å². The largest absolute Gasteiger partial charge is 1.00 e. The van der Waals surface area contributed by atoms with Gasteiger partial charge in [-0.25, -0.2) is 12.1 Å². The average Bonchev–Trinajstić information content (AvgIpc) is 3.21. The quantitative estimate of drug-likeness (QED) is 0.339. The van der Waals surface area contributed by atoms with E-state index in [0.29, 0.717) is 0 Å². The molecule has 0 radical (unpaired) electrons. The zero-order valence-electron chi connectivity index (χ0n) is 13.8.